The molecule has 15 rings (SSSR count). The molecule has 3 atom stereocenters. The Morgan fingerprint density at radius 2 is 1.19 bits per heavy atom. The molecular formula is C68H52N2. The normalized spacial score (nSPS) is 20.2. The molecule has 1 spiro atoms. The summed E-state index contributed by atoms with van der Waals surface area (Å²) < 4.78 is 2.61. The Morgan fingerprint density at radius 3 is 1.96 bits per heavy atom. The van der Waals surface area contributed by atoms with Gasteiger partial charge in [-0.1, -0.05) is 190 Å². The fourth-order valence-electron chi connectivity index (χ4n) is 15.1. The zero-order chi connectivity index (χ0) is 46.7. The van der Waals surface area contributed by atoms with Crippen molar-refractivity contribution in [3.63, 3.8) is 0 Å². The molecule has 2 heteroatoms. The molecule has 3 aliphatic carbocycles. The zero-order valence-electron chi connectivity index (χ0n) is 39.9. The Kier molecular flexibility index (Phi) is 8.05. The van der Waals surface area contributed by atoms with Gasteiger partial charge in [0.15, 0.2) is 0 Å². The Balaban J connectivity index is 1.09. The van der Waals surface area contributed by atoms with Crippen molar-refractivity contribution in [1.29, 1.82) is 0 Å². The van der Waals surface area contributed by atoms with Crippen LogP contribution in [0.1, 0.15) is 71.7 Å². The van der Waals surface area contributed by atoms with Crippen LogP contribution < -0.4 is 4.90 Å². The third-order valence-corrected chi connectivity index (χ3v) is 17.7. The van der Waals surface area contributed by atoms with E-state index in [9.17, 15) is 0 Å². The fourth-order valence-corrected chi connectivity index (χ4v) is 15.1. The van der Waals surface area contributed by atoms with E-state index in [1.54, 1.807) is 0 Å². The van der Waals surface area contributed by atoms with Crippen LogP contribution in [0, 0.1) is 5.92 Å². The number of para-hydroxylation sites is 1. The van der Waals surface area contributed by atoms with Crippen molar-refractivity contribution in [2.45, 2.75) is 56.5 Å². The molecule has 0 bridgehead atoms. The number of hydrogen-bond donors (Lipinski definition) is 0. The number of fused-ring (bicyclic) bond motifs is 16. The third kappa shape index (κ3) is 4.66. The molecule has 0 saturated carbocycles. The third-order valence-electron chi connectivity index (χ3n) is 17.7. The minimum atomic E-state index is -0.568. The Labute approximate surface area is 410 Å². The number of aromatic nitrogens is 1. The van der Waals surface area contributed by atoms with Crippen LogP contribution in [0.5, 0.6) is 0 Å². The van der Waals surface area contributed by atoms with Crippen molar-refractivity contribution >= 4 is 49.5 Å². The summed E-state index contributed by atoms with van der Waals surface area (Å²) in [6.45, 7) is 12.6. The van der Waals surface area contributed by atoms with E-state index in [0.29, 0.717) is 0 Å². The lowest BCUT2D eigenvalue weighted by molar-refractivity contribution is 0.313. The van der Waals surface area contributed by atoms with E-state index >= 15 is 0 Å². The van der Waals surface area contributed by atoms with E-state index in [4.69, 9.17) is 0 Å². The van der Waals surface area contributed by atoms with Crippen molar-refractivity contribution in [3.8, 4) is 33.4 Å². The van der Waals surface area contributed by atoms with Gasteiger partial charge in [0.1, 0.15) is 0 Å². The Morgan fingerprint density at radius 1 is 0.543 bits per heavy atom. The molecule has 0 amide bonds. The van der Waals surface area contributed by atoms with E-state index in [1.165, 1.54) is 127 Å². The molecule has 3 heterocycles. The van der Waals surface area contributed by atoms with Gasteiger partial charge < -0.3 is 9.47 Å². The van der Waals surface area contributed by atoms with E-state index in [0.717, 1.165) is 19.4 Å². The van der Waals surface area contributed by atoms with Gasteiger partial charge in [-0.15, -0.1) is 6.58 Å². The molecule has 0 saturated heterocycles. The molecular weight excluding hydrogens is 845 g/mol. The SMILES string of the molecule is C=CCc1ccccc1-c1cc2c(c3ccccc13)-c1ccc([C@@]3(C)c4cccc5c4c4c(cccc4n5CCC)N4c5ccccc5C5=CC=CC3C54C)cc1C21c2ccccc2-c2ccccc21. The van der Waals surface area contributed by atoms with Crippen LogP contribution in [0.2, 0.25) is 0 Å². The molecule has 2 nitrogen and oxygen atoms in total. The standard InChI is InChI=1S/C68H52N2/c1-5-20-42-21-7-8-22-44(42)51-41-57-63(48-26-10-9-23-45(48)51)50-38-37-43(40-56(50)68(57)53-28-14-11-24-46(53)47-25-12-15-29-54(47)68)66(3)55-31-17-33-59-64(55)65-60(69(59)39-6-2)34-19-35-61(65)70-58-32-16-13-27-49(58)52-30-18-36-62(66)67(52,70)4/h5,7-19,21-38,40-41,62H,1,6,20,39H2,2-4H3/t62?,66-,67?/m0/s1. The van der Waals surface area contributed by atoms with Gasteiger partial charge in [0.25, 0.3) is 0 Å². The summed E-state index contributed by atoms with van der Waals surface area (Å²) in [4.78, 5) is 2.75. The smallest absolute Gasteiger partial charge is 0.0755 e. The highest BCUT2D eigenvalue weighted by molar-refractivity contribution is 6.19. The van der Waals surface area contributed by atoms with Crippen LogP contribution in [0.3, 0.4) is 0 Å². The number of nitrogens with zero attached hydrogens (tertiary/aromatic N) is 2. The maximum atomic E-state index is 4.19. The molecule has 9 aromatic carbocycles. The minimum absolute atomic E-state index is 0.0469. The lowest BCUT2D eigenvalue weighted by Gasteiger charge is -2.53. The first-order valence-electron chi connectivity index (χ1n) is 25.4. The van der Waals surface area contributed by atoms with Crippen LogP contribution in [-0.4, -0.2) is 10.1 Å². The number of benzene rings is 9. The van der Waals surface area contributed by atoms with Gasteiger partial charge in [-0.05, 0) is 139 Å². The maximum Gasteiger partial charge on any atom is 0.0755 e. The molecule has 5 aliphatic rings. The number of rotatable bonds is 6. The van der Waals surface area contributed by atoms with E-state index in [1.807, 2.05) is 6.08 Å². The Hall–Kier alpha value is -7.94. The average molecular weight is 897 g/mol. The van der Waals surface area contributed by atoms with Crippen LogP contribution in [-0.2, 0) is 23.8 Å². The second-order valence-corrected chi connectivity index (χ2v) is 20.8. The highest BCUT2D eigenvalue weighted by atomic mass is 15.2. The summed E-state index contributed by atoms with van der Waals surface area (Å²) in [6, 6.07) is 70.5. The van der Waals surface area contributed by atoms with Gasteiger partial charge in [-0.3, -0.25) is 0 Å². The van der Waals surface area contributed by atoms with Crippen LogP contribution in [0.15, 0.2) is 213 Å². The van der Waals surface area contributed by atoms with Crippen molar-refractivity contribution in [3.05, 3.63) is 257 Å². The molecule has 70 heavy (non-hydrogen) atoms. The molecule has 1 aromatic heterocycles. The van der Waals surface area contributed by atoms with Crippen LogP contribution in [0.25, 0.3) is 71.5 Å². The van der Waals surface area contributed by atoms with E-state index < -0.39 is 16.4 Å². The summed E-state index contributed by atoms with van der Waals surface area (Å²) in [5.41, 5.74) is 23.8. The van der Waals surface area contributed by atoms with E-state index in [-0.39, 0.29) is 5.92 Å². The van der Waals surface area contributed by atoms with Gasteiger partial charge in [0, 0.05) is 45.4 Å². The highest BCUT2D eigenvalue weighted by Crippen LogP contribution is 2.67. The quantitative estimate of drug-likeness (QED) is 0.151. The zero-order valence-corrected chi connectivity index (χ0v) is 39.9. The summed E-state index contributed by atoms with van der Waals surface area (Å²) in [5.74, 6) is 0.0469. The summed E-state index contributed by atoms with van der Waals surface area (Å²) in [7, 11) is 0. The number of anilines is 2. The first kappa shape index (κ1) is 40.0. The molecule has 0 radical (unpaired) electrons. The number of allylic oxidation sites excluding steroid dienone is 3. The number of hydrogen-bond acceptors (Lipinski definition) is 1. The lowest BCUT2D eigenvalue weighted by atomic mass is 9.56. The van der Waals surface area contributed by atoms with Gasteiger partial charge in [-0.2, -0.15) is 0 Å². The molecule has 0 N–H and O–H groups in total. The van der Waals surface area contributed by atoms with Crippen molar-refractivity contribution in [2.75, 3.05) is 4.90 Å². The van der Waals surface area contributed by atoms with Crippen molar-refractivity contribution in [2.24, 2.45) is 5.92 Å². The fraction of sp³-hybridized carbons (Fsp3) is 0.147. The molecule has 10 aromatic rings. The second-order valence-electron chi connectivity index (χ2n) is 20.8. The lowest BCUT2D eigenvalue weighted by Crippen LogP contribution is -2.55. The first-order chi connectivity index (χ1) is 34.4. The van der Waals surface area contributed by atoms with Gasteiger partial charge >= 0.3 is 0 Å². The summed E-state index contributed by atoms with van der Waals surface area (Å²) in [5, 5.41) is 5.32. The first-order valence-corrected chi connectivity index (χ1v) is 25.4. The van der Waals surface area contributed by atoms with E-state index in [2.05, 4.69) is 237 Å². The molecule has 334 valence electrons. The predicted molar refractivity (Wildman–Crippen MR) is 293 cm³/mol. The van der Waals surface area contributed by atoms with Crippen LogP contribution in [0.4, 0.5) is 11.4 Å². The van der Waals surface area contributed by atoms with Gasteiger partial charge in [0.2, 0.25) is 0 Å². The van der Waals surface area contributed by atoms with Crippen molar-refractivity contribution < 1.29 is 0 Å². The monoisotopic (exact) mass is 896 g/mol. The molecule has 0 fully saturated rings. The average Bonchev–Trinajstić information content (AvgIpc) is 4.08. The van der Waals surface area contributed by atoms with Crippen LogP contribution >= 0.6 is 0 Å². The van der Waals surface area contributed by atoms with Gasteiger partial charge in [0.05, 0.1) is 22.2 Å². The number of aryl methyl sites for hydroxylation is 1. The van der Waals surface area contributed by atoms with Crippen molar-refractivity contribution in [1.82, 2.24) is 4.57 Å². The topological polar surface area (TPSA) is 8.17 Å². The maximum absolute atomic E-state index is 4.19. The van der Waals surface area contributed by atoms with Gasteiger partial charge in [-0.25, -0.2) is 0 Å². The minimum Gasteiger partial charge on any atom is -0.340 e. The second kappa shape index (κ2) is 14.1. The molecule has 2 unspecified atom stereocenters. The summed E-state index contributed by atoms with van der Waals surface area (Å²) in [6.07, 6.45) is 11.3. The largest absolute Gasteiger partial charge is 0.340 e. The Bertz CT molecular complexity index is 3980. The predicted octanol–water partition coefficient (Wildman–Crippen LogP) is 16.9. The summed E-state index contributed by atoms with van der Waals surface area (Å²) >= 11 is 0. The highest BCUT2D eigenvalue weighted by Gasteiger charge is 2.59. The molecule has 2 aliphatic heterocycles.